The van der Waals surface area contributed by atoms with Crippen molar-refractivity contribution in [2.24, 2.45) is 5.92 Å². The number of hydrogen-bond acceptors (Lipinski definition) is 9. The van der Waals surface area contributed by atoms with E-state index < -0.39 is 0 Å². The summed E-state index contributed by atoms with van der Waals surface area (Å²) in [5, 5.41) is 16.8. The molecule has 1 fully saturated rings. The summed E-state index contributed by atoms with van der Waals surface area (Å²) in [6, 6.07) is 16.4. The maximum Gasteiger partial charge on any atom is 0.247 e. The first kappa shape index (κ1) is 39.2. The number of nitriles is 1. The molecule has 1 aliphatic heterocycles. The third kappa shape index (κ3) is 12.7. The first-order valence-corrected chi connectivity index (χ1v) is 16.8. The molecule has 262 valence electrons. The molecule has 11 heteroatoms. The Balaban J connectivity index is 0.000000402. The molecular formula is C39H45ClN6O4. The molecule has 0 spiro atoms. The first-order chi connectivity index (χ1) is 24.0. The van der Waals surface area contributed by atoms with Crippen LogP contribution in [-0.2, 0) is 16.2 Å². The number of rotatable bonds is 11. The van der Waals surface area contributed by atoms with Gasteiger partial charge in [0.15, 0.2) is 5.78 Å². The molecule has 4 aromatic rings. The number of nitrogens with one attached hydrogen (secondary N) is 2. The second-order valence-corrected chi connectivity index (χ2v) is 12.2. The van der Waals surface area contributed by atoms with E-state index in [1.807, 2.05) is 45.0 Å². The second-order valence-electron chi connectivity index (χ2n) is 11.8. The van der Waals surface area contributed by atoms with Gasteiger partial charge < -0.3 is 25.0 Å². The molecule has 1 aliphatic rings. The number of nitrogens with zero attached hydrogens (tertiary/aromatic N) is 4. The lowest BCUT2D eigenvalue weighted by molar-refractivity contribution is -0.113. The lowest BCUT2D eigenvalue weighted by atomic mass is 10.1. The molecule has 0 saturated carbocycles. The van der Waals surface area contributed by atoms with Crippen molar-refractivity contribution in [3.63, 3.8) is 0 Å². The van der Waals surface area contributed by atoms with Crippen molar-refractivity contribution < 1.29 is 19.1 Å². The van der Waals surface area contributed by atoms with Gasteiger partial charge in [-0.05, 0) is 101 Å². The molecule has 1 amide bonds. The summed E-state index contributed by atoms with van der Waals surface area (Å²) in [4.78, 5) is 33.2. The van der Waals surface area contributed by atoms with Crippen LogP contribution in [0.25, 0.3) is 10.9 Å². The van der Waals surface area contributed by atoms with Crippen LogP contribution in [0.3, 0.4) is 0 Å². The number of ketones is 1. The number of amides is 1. The van der Waals surface area contributed by atoms with Crippen LogP contribution in [0.15, 0.2) is 85.7 Å². The number of aromatic nitrogens is 2. The third-order valence-corrected chi connectivity index (χ3v) is 7.48. The highest BCUT2D eigenvalue weighted by molar-refractivity contribution is 6.32. The zero-order valence-corrected chi connectivity index (χ0v) is 30.1. The molecular weight excluding hydrogens is 652 g/mol. The smallest absolute Gasteiger partial charge is 0.247 e. The summed E-state index contributed by atoms with van der Waals surface area (Å²) >= 11 is 6.47. The summed E-state index contributed by atoms with van der Waals surface area (Å²) in [5.74, 6) is 1.18. The SMILES string of the molecule is C=CC(=O)Nc1cc2c(Nc3ccc(OCc4ccccn4)c(Cl)c3)c(C#N)cnc2cc1OCC.CC(=O)/C=C\C(C)C.CN1CCCC1. The minimum Gasteiger partial charge on any atom is -0.492 e. The number of hydrogen-bond donors (Lipinski definition) is 2. The largest absolute Gasteiger partial charge is 0.492 e. The second kappa shape index (κ2) is 20.3. The van der Waals surface area contributed by atoms with Crippen molar-refractivity contribution in [3.8, 4) is 17.6 Å². The zero-order valence-electron chi connectivity index (χ0n) is 29.3. The highest BCUT2D eigenvalue weighted by Gasteiger charge is 2.16. The topological polar surface area (TPSA) is 129 Å². The Morgan fingerprint density at radius 1 is 1.10 bits per heavy atom. The van der Waals surface area contributed by atoms with Crippen molar-refractivity contribution in [2.45, 2.75) is 47.1 Å². The van der Waals surface area contributed by atoms with Crippen molar-refractivity contribution in [1.82, 2.24) is 14.9 Å². The first-order valence-electron chi connectivity index (χ1n) is 16.4. The number of pyridine rings is 2. The molecule has 2 N–H and O–H groups in total. The molecule has 5 rings (SSSR count). The molecule has 0 aliphatic carbocycles. The number of benzene rings is 2. The van der Waals surface area contributed by atoms with Gasteiger partial charge in [0, 0.05) is 29.5 Å². The summed E-state index contributed by atoms with van der Waals surface area (Å²) in [6.45, 7) is 14.3. The average Bonchev–Trinajstić information content (AvgIpc) is 3.59. The van der Waals surface area contributed by atoms with Crippen LogP contribution in [0.1, 0.15) is 51.8 Å². The Hall–Kier alpha value is -5.24. The molecule has 3 heterocycles. The lowest BCUT2D eigenvalue weighted by Crippen LogP contribution is -2.10. The van der Waals surface area contributed by atoms with E-state index in [1.165, 1.54) is 38.2 Å². The van der Waals surface area contributed by atoms with Gasteiger partial charge in [0.2, 0.25) is 5.91 Å². The normalized spacial score (nSPS) is 12.3. The van der Waals surface area contributed by atoms with Gasteiger partial charge in [0.25, 0.3) is 0 Å². The van der Waals surface area contributed by atoms with Crippen molar-refractivity contribution in [1.29, 1.82) is 5.26 Å². The summed E-state index contributed by atoms with van der Waals surface area (Å²) < 4.78 is 11.5. The van der Waals surface area contributed by atoms with Gasteiger partial charge in [-0.2, -0.15) is 5.26 Å². The Morgan fingerprint density at radius 2 is 1.86 bits per heavy atom. The van der Waals surface area contributed by atoms with Crippen molar-refractivity contribution in [2.75, 3.05) is 37.4 Å². The molecule has 0 bridgehead atoms. The van der Waals surface area contributed by atoms with Gasteiger partial charge in [-0.3, -0.25) is 19.6 Å². The van der Waals surface area contributed by atoms with E-state index in [2.05, 4.69) is 45.2 Å². The number of halogens is 1. The quantitative estimate of drug-likeness (QED) is 0.148. The number of ether oxygens (including phenoxy) is 2. The average molecular weight is 697 g/mol. The van der Waals surface area contributed by atoms with Crippen LogP contribution < -0.4 is 20.1 Å². The predicted molar refractivity (Wildman–Crippen MR) is 201 cm³/mol. The van der Waals surface area contributed by atoms with Gasteiger partial charge >= 0.3 is 0 Å². The molecule has 2 aromatic heterocycles. The van der Waals surface area contributed by atoms with Crippen LogP contribution in [0.2, 0.25) is 5.02 Å². The Morgan fingerprint density at radius 3 is 2.40 bits per heavy atom. The highest BCUT2D eigenvalue weighted by atomic mass is 35.5. The minimum absolute atomic E-state index is 0.124. The van der Waals surface area contributed by atoms with Crippen LogP contribution in [-0.4, -0.2) is 53.3 Å². The van der Waals surface area contributed by atoms with Crippen LogP contribution >= 0.6 is 11.6 Å². The maximum atomic E-state index is 12.0. The van der Waals surface area contributed by atoms with Crippen molar-refractivity contribution >= 4 is 51.3 Å². The molecule has 50 heavy (non-hydrogen) atoms. The Bertz CT molecular complexity index is 1820. The van der Waals surface area contributed by atoms with E-state index in [9.17, 15) is 14.9 Å². The van der Waals surface area contributed by atoms with E-state index in [-0.39, 0.29) is 18.3 Å². The number of allylic oxidation sites excluding steroid dienone is 2. The standard InChI is InChI=1S/C27H22ClN5O3.C7H12O.C5H11N/c1-3-26(34)33-23-12-20-22(13-25(23)35-4-2)31-15-17(14-29)27(20)32-18-8-9-24(21(28)11-18)36-16-19-7-5-6-10-30-19;1-6(2)4-5-7(3)8;1-6-4-2-3-5-6/h3,5-13,15H,1,4,16H2,2H3,(H,31,32)(H,33,34);4-6H,1-3H3;2-5H2,1H3/b;5-4-;. The molecule has 10 nitrogen and oxygen atoms in total. The van der Waals surface area contributed by atoms with Crippen molar-refractivity contribution in [3.05, 3.63) is 102 Å². The monoisotopic (exact) mass is 696 g/mol. The zero-order chi connectivity index (χ0) is 36.5. The van der Waals surface area contributed by atoms with E-state index >= 15 is 0 Å². The lowest BCUT2D eigenvalue weighted by Gasteiger charge is -2.16. The molecule has 1 saturated heterocycles. The Kier molecular flexibility index (Phi) is 15.9. The van der Waals surface area contributed by atoms with Gasteiger partial charge in [-0.15, -0.1) is 0 Å². The van der Waals surface area contributed by atoms with E-state index in [1.54, 1.807) is 49.5 Å². The number of anilines is 3. The van der Waals surface area contributed by atoms with Gasteiger partial charge in [0.05, 0.1) is 39.8 Å². The van der Waals surface area contributed by atoms with Gasteiger partial charge in [-0.25, -0.2) is 0 Å². The molecule has 0 atom stereocenters. The van der Waals surface area contributed by atoms with E-state index in [4.69, 9.17) is 21.1 Å². The van der Waals surface area contributed by atoms with Gasteiger partial charge in [-0.1, -0.05) is 44.2 Å². The fourth-order valence-electron chi connectivity index (χ4n) is 4.67. The van der Waals surface area contributed by atoms with Crippen LogP contribution in [0, 0.1) is 17.2 Å². The minimum atomic E-state index is -0.387. The van der Waals surface area contributed by atoms with E-state index in [0.29, 0.717) is 62.6 Å². The number of carbonyl (C=O) groups is 2. The fraction of sp³-hybridized carbons (Fsp3) is 0.308. The predicted octanol–water partition coefficient (Wildman–Crippen LogP) is 8.50. The third-order valence-electron chi connectivity index (χ3n) is 7.18. The summed E-state index contributed by atoms with van der Waals surface area (Å²) in [7, 11) is 2.17. The summed E-state index contributed by atoms with van der Waals surface area (Å²) in [6.07, 6.45) is 10.7. The van der Waals surface area contributed by atoms with E-state index in [0.717, 1.165) is 5.69 Å². The van der Waals surface area contributed by atoms with Crippen LogP contribution in [0.5, 0.6) is 11.5 Å². The molecule has 0 radical (unpaired) electrons. The fourth-order valence-corrected chi connectivity index (χ4v) is 4.91. The van der Waals surface area contributed by atoms with Gasteiger partial charge in [0.1, 0.15) is 24.2 Å². The maximum absolute atomic E-state index is 12.0. The number of likely N-dealkylation sites (tertiary alicyclic amines) is 1. The molecule has 2 aromatic carbocycles. The molecule has 0 unspecified atom stereocenters. The Labute approximate surface area is 299 Å². The highest BCUT2D eigenvalue weighted by Crippen LogP contribution is 2.37. The summed E-state index contributed by atoms with van der Waals surface area (Å²) in [5.41, 5.74) is 3.27. The number of fused-ring (bicyclic) bond motifs is 1. The number of carbonyl (C=O) groups excluding carboxylic acids is 2. The van der Waals surface area contributed by atoms with Crippen LogP contribution in [0.4, 0.5) is 17.1 Å².